The standard InChI is InChI=1S/C62H52N2/c1-61(2,3)49-27-33-55-57(39-49)59(63(51-29-23-41-15-7-11-19-45(41)35-51)52-30-24-42-16-8-12-20-46(42)36-52)56-34-28-50(62(4,5)6)40-58(56)60(55)64(53-31-25-43-17-9-13-21-47(43)37-53)54-32-26-44-18-10-14-22-48(44)38-54/h7-40H,1-6H3. The molecule has 0 aliphatic heterocycles. The normalized spacial score (nSPS) is 12.2. The second-order valence-corrected chi connectivity index (χ2v) is 19.5. The molecule has 0 aliphatic rings. The lowest BCUT2D eigenvalue weighted by molar-refractivity contribution is 0.590. The molecule has 0 saturated heterocycles. The van der Waals surface area contributed by atoms with Gasteiger partial charge in [0.2, 0.25) is 0 Å². The van der Waals surface area contributed by atoms with Crippen LogP contribution in [-0.2, 0) is 10.8 Å². The van der Waals surface area contributed by atoms with Crippen LogP contribution in [0.2, 0.25) is 0 Å². The van der Waals surface area contributed by atoms with Crippen molar-refractivity contribution < 1.29 is 0 Å². The van der Waals surface area contributed by atoms with E-state index in [9.17, 15) is 0 Å². The Labute approximate surface area is 376 Å². The maximum Gasteiger partial charge on any atom is 0.0620 e. The highest BCUT2D eigenvalue weighted by Crippen LogP contribution is 2.53. The molecule has 0 atom stereocenters. The number of rotatable bonds is 6. The molecule has 0 aliphatic carbocycles. The zero-order chi connectivity index (χ0) is 43.7. The largest absolute Gasteiger partial charge is 0.309 e. The van der Waals surface area contributed by atoms with Crippen LogP contribution in [0.5, 0.6) is 0 Å². The Hall–Kier alpha value is -7.42. The van der Waals surface area contributed by atoms with Gasteiger partial charge in [0, 0.05) is 44.3 Å². The van der Waals surface area contributed by atoms with E-state index in [0.29, 0.717) is 0 Å². The predicted octanol–water partition coefficient (Wildman–Crippen LogP) is 18.1. The second kappa shape index (κ2) is 15.1. The van der Waals surface area contributed by atoms with E-state index >= 15 is 0 Å². The van der Waals surface area contributed by atoms with Crippen LogP contribution >= 0.6 is 0 Å². The molecular weight excluding hydrogens is 773 g/mol. The van der Waals surface area contributed by atoms with Crippen LogP contribution in [0.4, 0.5) is 34.1 Å². The van der Waals surface area contributed by atoms with E-state index in [1.54, 1.807) is 0 Å². The molecule has 11 rings (SSSR count). The van der Waals surface area contributed by atoms with Crippen LogP contribution in [0, 0.1) is 0 Å². The quantitative estimate of drug-likeness (QED) is 0.122. The van der Waals surface area contributed by atoms with Gasteiger partial charge in [0.05, 0.1) is 11.4 Å². The van der Waals surface area contributed by atoms with E-state index < -0.39 is 0 Å². The van der Waals surface area contributed by atoms with Gasteiger partial charge in [-0.2, -0.15) is 0 Å². The first-order valence-corrected chi connectivity index (χ1v) is 22.6. The van der Waals surface area contributed by atoms with E-state index in [1.807, 2.05) is 0 Å². The highest BCUT2D eigenvalue weighted by atomic mass is 15.2. The van der Waals surface area contributed by atoms with Gasteiger partial charge in [0.25, 0.3) is 0 Å². The molecule has 0 N–H and O–H groups in total. The Bertz CT molecular complexity index is 3200. The van der Waals surface area contributed by atoms with E-state index in [1.165, 1.54) is 87.1 Å². The highest BCUT2D eigenvalue weighted by molar-refractivity contribution is 6.24. The molecule has 0 fully saturated rings. The Morgan fingerprint density at radius 1 is 0.250 bits per heavy atom. The lowest BCUT2D eigenvalue weighted by atomic mass is 9.82. The smallest absolute Gasteiger partial charge is 0.0620 e. The molecule has 11 aromatic rings. The molecular formula is C62H52N2. The van der Waals surface area contributed by atoms with Crippen LogP contribution in [0.3, 0.4) is 0 Å². The Morgan fingerprint density at radius 3 is 0.781 bits per heavy atom. The third kappa shape index (κ3) is 6.91. The summed E-state index contributed by atoms with van der Waals surface area (Å²) in [5.41, 5.74) is 9.20. The lowest BCUT2D eigenvalue weighted by Gasteiger charge is -2.34. The molecule has 0 saturated carbocycles. The second-order valence-electron chi connectivity index (χ2n) is 19.5. The van der Waals surface area contributed by atoms with Gasteiger partial charge < -0.3 is 9.80 Å². The molecule has 0 amide bonds. The average molecular weight is 825 g/mol. The molecule has 0 unspecified atom stereocenters. The maximum absolute atomic E-state index is 2.53. The molecule has 310 valence electrons. The van der Waals surface area contributed by atoms with Crippen molar-refractivity contribution in [3.8, 4) is 0 Å². The van der Waals surface area contributed by atoms with E-state index in [2.05, 4.69) is 258 Å². The fourth-order valence-corrected chi connectivity index (χ4v) is 9.68. The van der Waals surface area contributed by atoms with Gasteiger partial charge in [-0.1, -0.05) is 187 Å². The lowest BCUT2D eigenvalue weighted by Crippen LogP contribution is -2.17. The Kier molecular flexibility index (Phi) is 9.33. The number of nitrogens with zero attached hydrogens (tertiary/aromatic N) is 2. The van der Waals surface area contributed by atoms with Crippen molar-refractivity contribution in [2.75, 3.05) is 9.80 Å². The van der Waals surface area contributed by atoms with Crippen molar-refractivity contribution in [1.82, 2.24) is 0 Å². The van der Waals surface area contributed by atoms with Gasteiger partial charge in [-0.05, 0) is 126 Å². The first-order chi connectivity index (χ1) is 31.0. The van der Waals surface area contributed by atoms with Crippen LogP contribution in [0.25, 0.3) is 64.6 Å². The van der Waals surface area contributed by atoms with Crippen molar-refractivity contribution in [3.63, 3.8) is 0 Å². The summed E-state index contributed by atoms with van der Waals surface area (Å²) in [6, 6.07) is 77.1. The van der Waals surface area contributed by atoms with Crippen molar-refractivity contribution in [3.05, 3.63) is 217 Å². The molecule has 2 nitrogen and oxygen atoms in total. The van der Waals surface area contributed by atoms with Crippen LogP contribution in [0.1, 0.15) is 52.7 Å². The SMILES string of the molecule is CC(C)(C)c1ccc2c(N(c3ccc4ccccc4c3)c3ccc4ccccc4c3)c3cc(C(C)(C)C)ccc3c(N(c3ccc4ccccc4c3)c3ccc4ccccc4c3)c2c1. The van der Waals surface area contributed by atoms with Gasteiger partial charge in [-0.25, -0.2) is 0 Å². The number of benzene rings is 11. The fraction of sp³-hybridized carbons (Fsp3) is 0.129. The van der Waals surface area contributed by atoms with E-state index in [-0.39, 0.29) is 10.8 Å². The van der Waals surface area contributed by atoms with Crippen LogP contribution < -0.4 is 9.80 Å². The van der Waals surface area contributed by atoms with Gasteiger partial charge in [-0.15, -0.1) is 0 Å². The van der Waals surface area contributed by atoms with Crippen LogP contribution in [0.15, 0.2) is 206 Å². The van der Waals surface area contributed by atoms with Crippen molar-refractivity contribution in [2.24, 2.45) is 0 Å². The summed E-state index contributed by atoms with van der Waals surface area (Å²) >= 11 is 0. The van der Waals surface area contributed by atoms with Crippen molar-refractivity contribution in [1.29, 1.82) is 0 Å². The first-order valence-electron chi connectivity index (χ1n) is 22.6. The molecule has 0 aromatic heterocycles. The molecule has 11 aromatic carbocycles. The van der Waals surface area contributed by atoms with Crippen LogP contribution in [-0.4, -0.2) is 0 Å². The summed E-state index contributed by atoms with van der Waals surface area (Å²) in [4.78, 5) is 5.07. The summed E-state index contributed by atoms with van der Waals surface area (Å²) in [7, 11) is 0. The molecule has 0 heterocycles. The molecule has 0 spiro atoms. The zero-order valence-corrected chi connectivity index (χ0v) is 37.5. The number of fused-ring (bicyclic) bond motifs is 6. The highest BCUT2D eigenvalue weighted by Gasteiger charge is 2.29. The molecule has 2 heteroatoms. The van der Waals surface area contributed by atoms with Gasteiger partial charge >= 0.3 is 0 Å². The molecule has 64 heavy (non-hydrogen) atoms. The average Bonchev–Trinajstić information content (AvgIpc) is 3.31. The minimum atomic E-state index is -0.0935. The number of hydrogen-bond donors (Lipinski definition) is 0. The summed E-state index contributed by atoms with van der Waals surface area (Å²) < 4.78 is 0. The summed E-state index contributed by atoms with van der Waals surface area (Å²) in [6.07, 6.45) is 0. The first kappa shape index (κ1) is 39.4. The number of hydrogen-bond acceptors (Lipinski definition) is 2. The molecule has 0 bridgehead atoms. The van der Waals surface area contributed by atoms with Gasteiger partial charge in [-0.3, -0.25) is 0 Å². The fourth-order valence-electron chi connectivity index (χ4n) is 9.68. The number of anilines is 6. The third-order valence-electron chi connectivity index (χ3n) is 13.2. The Balaban J connectivity index is 1.32. The van der Waals surface area contributed by atoms with E-state index in [4.69, 9.17) is 0 Å². The zero-order valence-electron chi connectivity index (χ0n) is 37.5. The van der Waals surface area contributed by atoms with Gasteiger partial charge in [0.15, 0.2) is 0 Å². The third-order valence-corrected chi connectivity index (χ3v) is 13.2. The van der Waals surface area contributed by atoms with E-state index in [0.717, 1.165) is 22.7 Å². The summed E-state index contributed by atoms with van der Waals surface area (Å²) in [6.45, 7) is 14.0. The summed E-state index contributed by atoms with van der Waals surface area (Å²) in [5, 5.41) is 14.5. The topological polar surface area (TPSA) is 6.48 Å². The summed E-state index contributed by atoms with van der Waals surface area (Å²) in [5.74, 6) is 0. The van der Waals surface area contributed by atoms with Crippen molar-refractivity contribution in [2.45, 2.75) is 52.4 Å². The Morgan fingerprint density at radius 2 is 0.516 bits per heavy atom. The van der Waals surface area contributed by atoms with Gasteiger partial charge in [0.1, 0.15) is 0 Å². The monoisotopic (exact) mass is 824 g/mol. The minimum Gasteiger partial charge on any atom is -0.309 e. The predicted molar refractivity (Wildman–Crippen MR) is 278 cm³/mol. The van der Waals surface area contributed by atoms with Crippen molar-refractivity contribution >= 4 is 98.8 Å². The minimum absolute atomic E-state index is 0.0935. The molecule has 0 radical (unpaired) electrons. The maximum atomic E-state index is 2.53.